The van der Waals surface area contributed by atoms with Gasteiger partial charge in [-0.3, -0.25) is 4.79 Å². The maximum atomic E-state index is 12.1. The lowest BCUT2D eigenvalue weighted by atomic mass is 9.87. The average molecular weight is 306 g/mol. The fraction of sp³-hybridized carbons (Fsp3) is 0.500. The average Bonchev–Trinajstić information content (AvgIpc) is 2.75. The summed E-state index contributed by atoms with van der Waals surface area (Å²) in [6.45, 7) is 5.15. The number of hydrogen-bond acceptors (Lipinski definition) is 3. The molecule has 1 atom stereocenters. The lowest BCUT2D eigenvalue weighted by Gasteiger charge is -2.27. The molecule has 0 spiro atoms. The van der Waals surface area contributed by atoms with E-state index < -0.39 is 0 Å². The Morgan fingerprint density at radius 1 is 1.48 bits per heavy atom. The van der Waals surface area contributed by atoms with E-state index in [9.17, 15) is 4.79 Å². The van der Waals surface area contributed by atoms with Gasteiger partial charge in [-0.25, -0.2) is 4.98 Å². The number of H-pyrrole nitrogens is 1. The van der Waals surface area contributed by atoms with Crippen molar-refractivity contribution in [3.8, 4) is 0 Å². The van der Waals surface area contributed by atoms with Gasteiger partial charge in [-0.2, -0.15) is 0 Å². The van der Waals surface area contributed by atoms with Crippen LogP contribution in [0.15, 0.2) is 23.0 Å². The van der Waals surface area contributed by atoms with Gasteiger partial charge >= 0.3 is 0 Å². The minimum absolute atomic E-state index is 0.112. The molecule has 1 fully saturated rings. The summed E-state index contributed by atoms with van der Waals surface area (Å²) in [6.07, 6.45) is 3.67. The molecule has 1 aromatic heterocycles. The minimum Gasteiger partial charge on any atom is -0.309 e. The van der Waals surface area contributed by atoms with Crippen LogP contribution in [0.25, 0.3) is 10.9 Å². The Hall–Kier alpha value is -1.39. The van der Waals surface area contributed by atoms with Gasteiger partial charge in [-0.05, 0) is 36.5 Å². The standard InChI is InChI=1S/C16H20ClN3O/c1-16(2)7-3-4-13(16)18-9-14-19-12-8-10(17)5-6-11(12)15(21)20-14/h5-6,8,13,18H,3-4,7,9H2,1-2H3,(H,19,20,21). The minimum atomic E-state index is -0.112. The molecule has 112 valence electrons. The fourth-order valence-electron chi connectivity index (χ4n) is 3.17. The van der Waals surface area contributed by atoms with Crippen LogP contribution in [-0.4, -0.2) is 16.0 Å². The van der Waals surface area contributed by atoms with Crippen molar-refractivity contribution in [3.05, 3.63) is 39.4 Å². The molecule has 0 radical (unpaired) electrons. The van der Waals surface area contributed by atoms with Crippen molar-refractivity contribution in [1.29, 1.82) is 0 Å². The quantitative estimate of drug-likeness (QED) is 0.915. The predicted octanol–water partition coefficient (Wildman–Crippen LogP) is 3.24. The summed E-state index contributed by atoms with van der Waals surface area (Å²) < 4.78 is 0. The van der Waals surface area contributed by atoms with E-state index in [0.717, 1.165) is 0 Å². The summed E-state index contributed by atoms with van der Waals surface area (Å²) in [4.78, 5) is 19.4. The number of nitrogens with zero attached hydrogens (tertiary/aromatic N) is 1. The normalized spacial score (nSPS) is 21.0. The predicted molar refractivity (Wildman–Crippen MR) is 85.6 cm³/mol. The first-order chi connectivity index (χ1) is 9.95. The van der Waals surface area contributed by atoms with Gasteiger partial charge in [0, 0.05) is 11.1 Å². The highest BCUT2D eigenvalue weighted by molar-refractivity contribution is 6.31. The van der Waals surface area contributed by atoms with Crippen LogP contribution in [0, 0.1) is 5.41 Å². The molecule has 1 aromatic carbocycles. The lowest BCUT2D eigenvalue weighted by Crippen LogP contribution is -2.37. The summed E-state index contributed by atoms with van der Waals surface area (Å²) in [6, 6.07) is 5.62. The molecule has 1 saturated carbocycles. The van der Waals surface area contributed by atoms with Crippen molar-refractivity contribution >= 4 is 22.5 Å². The second-order valence-electron chi connectivity index (χ2n) is 6.49. The molecule has 1 unspecified atom stereocenters. The number of benzene rings is 1. The van der Waals surface area contributed by atoms with Crippen LogP contribution in [0.2, 0.25) is 5.02 Å². The maximum absolute atomic E-state index is 12.1. The number of rotatable bonds is 3. The zero-order chi connectivity index (χ0) is 15.0. The van der Waals surface area contributed by atoms with Gasteiger partial charge in [0.2, 0.25) is 0 Å². The Balaban J connectivity index is 1.83. The number of hydrogen-bond donors (Lipinski definition) is 2. The molecule has 4 nitrogen and oxygen atoms in total. The molecule has 1 heterocycles. The maximum Gasteiger partial charge on any atom is 0.258 e. The molecule has 3 rings (SSSR count). The van der Waals surface area contributed by atoms with Gasteiger partial charge in [0.15, 0.2) is 0 Å². The lowest BCUT2D eigenvalue weighted by molar-refractivity contribution is 0.281. The molecular weight excluding hydrogens is 286 g/mol. The fourth-order valence-corrected chi connectivity index (χ4v) is 3.34. The van der Waals surface area contributed by atoms with Crippen molar-refractivity contribution in [2.45, 2.75) is 45.7 Å². The Morgan fingerprint density at radius 3 is 3.00 bits per heavy atom. The van der Waals surface area contributed by atoms with Crippen molar-refractivity contribution in [2.75, 3.05) is 0 Å². The Kier molecular flexibility index (Phi) is 3.76. The monoisotopic (exact) mass is 305 g/mol. The zero-order valence-electron chi connectivity index (χ0n) is 12.4. The second kappa shape index (κ2) is 5.43. The first kappa shape index (κ1) is 14.5. The van der Waals surface area contributed by atoms with Gasteiger partial charge in [0.25, 0.3) is 5.56 Å². The van der Waals surface area contributed by atoms with Crippen LogP contribution in [0.1, 0.15) is 38.9 Å². The van der Waals surface area contributed by atoms with Crippen molar-refractivity contribution < 1.29 is 0 Å². The molecule has 2 aromatic rings. The SMILES string of the molecule is CC1(C)CCCC1NCc1nc2cc(Cl)ccc2c(=O)[nH]1. The van der Waals surface area contributed by atoms with Crippen LogP contribution in [-0.2, 0) is 6.54 Å². The van der Waals surface area contributed by atoms with E-state index in [1.165, 1.54) is 19.3 Å². The zero-order valence-corrected chi connectivity index (χ0v) is 13.1. The summed E-state index contributed by atoms with van der Waals surface area (Å²) in [5, 5.41) is 4.70. The molecule has 2 N–H and O–H groups in total. The molecule has 21 heavy (non-hydrogen) atoms. The van der Waals surface area contributed by atoms with Gasteiger partial charge in [-0.1, -0.05) is 31.9 Å². The molecule has 0 amide bonds. The number of nitrogens with one attached hydrogen (secondary N) is 2. The third kappa shape index (κ3) is 2.97. The van der Waals surface area contributed by atoms with Crippen molar-refractivity contribution in [1.82, 2.24) is 15.3 Å². The summed E-state index contributed by atoms with van der Waals surface area (Å²) in [5.41, 5.74) is 0.841. The largest absolute Gasteiger partial charge is 0.309 e. The van der Waals surface area contributed by atoms with E-state index in [4.69, 9.17) is 11.6 Å². The third-order valence-electron chi connectivity index (χ3n) is 4.49. The molecule has 0 saturated heterocycles. The molecule has 0 bridgehead atoms. The Morgan fingerprint density at radius 2 is 2.29 bits per heavy atom. The van der Waals surface area contributed by atoms with Gasteiger partial charge in [0.05, 0.1) is 17.4 Å². The molecule has 1 aliphatic carbocycles. The topological polar surface area (TPSA) is 57.8 Å². The van der Waals surface area contributed by atoms with Crippen LogP contribution >= 0.6 is 11.6 Å². The summed E-state index contributed by atoms with van der Waals surface area (Å²) in [5.74, 6) is 0.664. The van der Waals surface area contributed by atoms with E-state index in [1.54, 1.807) is 18.2 Å². The number of halogens is 1. The highest BCUT2D eigenvalue weighted by Crippen LogP contribution is 2.37. The Labute approximate surface area is 128 Å². The van der Waals surface area contributed by atoms with Gasteiger partial charge < -0.3 is 10.3 Å². The van der Waals surface area contributed by atoms with Crippen molar-refractivity contribution in [3.63, 3.8) is 0 Å². The van der Waals surface area contributed by atoms with Gasteiger partial charge in [-0.15, -0.1) is 0 Å². The van der Waals surface area contributed by atoms with E-state index >= 15 is 0 Å². The highest BCUT2D eigenvalue weighted by atomic mass is 35.5. The van der Waals surface area contributed by atoms with E-state index in [2.05, 4.69) is 29.1 Å². The number of aromatic nitrogens is 2. The number of fused-ring (bicyclic) bond motifs is 1. The molecule has 5 heteroatoms. The molecule has 0 aliphatic heterocycles. The Bertz CT molecular complexity index is 723. The van der Waals surface area contributed by atoms with E-state index in [-0.39, 0.29) is 5.56 Å². The first-order valence-electron chi connectivity index (χ1n) is 7.37. The second-order valence-corrected chi connectivity index (χ2v) is 6.92. The summed E-state index contributed by atoms with van der Waals surface area (Å²) in [7, 11) is 0. The molecular formula is C16H20ClN3O. The number of aromatic amines is 1. The van der Waals surface area contributed by atoms with Crippen LogP contribution in [0.5, 0.6) is 0 Å². The summed E-state index contributed by atoms with van der Waals surface area (Å²) >= 11 is 5.97. The van der Waals surface area contributed by atoms with Crippen LogP contribution in [0.3, 0.4) is 0 Å². The third-order valence-corrected chi connectivity index (χ3v) is 4.73. The highest BCUT2D eigenvalue weighted by Gasteiger charge is 2.33. The molecule has 1 aliphatic rings. The smallest absolute Gasteiger partial charge is 0.258 e. The van der Waals surface area contributed by atoms with Crippen LogP contribution in [0.4, 0.5) is 0 Å². The van der Waals surface area contributed by atoms with E-state index in [0.29, 0.717) is 39.8 Å². The van der Waals surface area contributed by atoms with Crippen LogP contribution < -0.4 is 10.9 Å². The first-order valence-corrected chi connectivity index (χ1v) is 7.75. The van der Waals surface area contributed by atoms with E-state index in [1.807, 2.05) is 0 Å². The van der Waals surface area contributed by atoms with Gasteiger partial charge in [0.1, 0.15) is 5.82 Å². The van der Waals surface area contributed by atoms with Crippen molar-refractivity contribution in [2.24, 2.45) is 5.41 Å².